The maximum absolute atomic E-state index is 13.4. The summed E-state index contributed by atoms with van der Waals surface area (Å²) in [6, 6.07) is 3.48. The van der Waals surface area contributed by atoms with Crippen LogP contribution in [-0.2, 0) is 5.75 Å². The number of rotatable bonds is 2. The number of thioether (sulfide) groups is 1. The lowest BCUT2D eigenvalue weighted by Crippen LogP contribution is -2.32. The molecule has 2 atom stereocenters. The van der Waals surface area contributed by atoms with E-state index >= 15 is 0 Å². The van der Waals surface area contributed by atoms with Crippen molar-refractivity contribution in [3.05, 3.63) is 33.5 Å². The average Bonchev–Trinajstić information content (AvgIpc) is 2.22. The van der Waals surface area contributed by atoms with Gasteiger partial charge in [0.05, 0.1) is 0 Å². The van der Waals surface area contributed by atoms with Gasteiger partial charge in [-0.15, -0.1) is 0 Å². The molecule has 0 radical (unpaired) electrons. The molecule has 2 rings (SSSR count). The molecule has 88 valence electrons. The molecule has 0 bridgehead atoms. The van der Waals surface area contributed by atoms with Gasteiger partial charge in [-0.1, -0.05) is 29.8 Å². The highest BCUT2D eigenvalue weighted by Crippen LogP contribution is 2.40. The van der Waals surface area contributed by atoms with Crippen LogP contribution in [0.25, 0.3) is 0 Å². The van der Waals surface area contributed by atoms with E-state index in [9.17, 15) is 4.39 Å². The van der Waals surface area contributed by atoms with Crippen molar-refractivity contribution >= 4 is 27.7 Å². The monoisotopic (exact) mass is 303 g/mol. The number of benzene rings is 1. The van der Waals surface area contributed by atoms with E-state index in [1.165, 1.54) is 5.56 Å². The van der Waals surface area contributed by atoms with Gasteiger partial charge < -0.3 is 5.32 Å². The van der Waals surface area contributed by atoms with Crippen LogP contribution in [-0.4, -0.2) is 11.8 Å². The van der Waals surface area contributed by atoms with Crippen LogP contribution in [0.2, 0.25) is 0 Å². The molecule has 0 fully saturated rings. The Labute approximate surface area is 108 Å². The summed E-state index contributed by atoms with van der Waals surface area (Å²) >= 11 is 5.36. The summed E-state index contributed by atoms with van der Waals surface area (Å²) in [5, 5.41) is 3.92. The number of hydrogen-bond donors (Lipinski definition) is 1. The second-order valence-electron chi connectivity index (χ2n) is 4.01. The minimum Gasteiger partial charge on any atom is -0.309 e. The van der Waals surface area contributed by atoms with E-state index in [-0.39, 0.29) is 11.9 Å². The molecule has 1 heterocycles. The lowest BCUT2D eigenvalue weighted by molar-refractivity contribution is 0.532. The summed E-state index contributed by atoms with van der Waals surface area (Å²) in [6.07, 6.45) is 0. The van der Waals surface area contributed by atoms with Crippen molar-refractivity contribution in [2.75, 3.05) is 6.54 Å². The van der Waals surface area contributed by atoms with Crippen molar-refractivity contribution in [1.29, 1.82) is 0 Å². The minimum absolute atomic E-state index is 0.160. The maximum Gasteiger partial charge on any atom is 0.124 e. The standard InChI is InChI=1S/C12H15BrFNS/c1-3-15-12-7(2)16-6-10-9(12)4-8(14)5-11(10)13/h4-5,7,12,15H,3,6H2,1-2H3. The van der Waals surface area contributed by atoms with Gasteiger partial charge in [0.25, 0.3) is 0 Å². The largest absolute Gasteiger partial charge is 0.309 e. The molecule has 1 aromatic rings. The van der Waals surface area contributed by atoms with Gasteiger partial charge >= 0.3 is 0 Å². The summed E-state index contributed by atoms with van der Waals surface area (Å²) < 4.78 is 14.3. The Morgan fingerprint density at radius 3 is 3.00 bits per heavy atom. The highest BCUT2D eigenvalue weighted by atomic mass is 79.9. The molecule has 0 amide bonds. The van der Waals surface area contributed by atoms with Gasteiger partial charge in [-0.2, -0.15) is 11.8 Å². The summed E-state index contributed by atoms with van der Waals surface area (Å²) in [7, 11) is 0. The van der Waals surface area contributed by atoms with Crippen LogP contribution in [0.5, 0.6) is 0 Å². The van der Waals surface area contributed by atoms with E-state index in [1.54, 1.807) is 12.1 Å². The molecule has 1 nitrogen and oxygen atoms in total. The molecule has 1 aliphatic heterocycles. The molecule has 0 aromatic heterocycles. The predicted octanol–water partition coefficient (Wildman–Crippen LogP) is 3.87. The van der Waals surface area contributed by atoms with Crippen molar-refractivity contribution in [2.24, 2.45) is 0 Å². The summed E-state index contributed by atoms with van der Waals surface area (Å²) in [5.41, 5.74) is 2.34. The predicted molar refractivity (Wildman–Crippen MR) is 71.3 cm³/mol. The van der Waals surface area contributed by atoms with Crippen LogP contribution < -0.4 is 5.32 Å². The fourth-order valence-electron chi connectivity index (χ4n) is 2.11. The summed E-state index contributed by atoms with van der Waals surface area (Å²) in [4.78, 5) is 0. The lowest BCUT2D eigenvalue weighted by Gasteiger charge is -2.32. The Hall–Kier alpha value is -0.0600. The van der Waals surface area contributed by atoms with Gasteiger partial charge in [0, 0.05) is 21.5 Å². The molecule has 1 aliphatic rings. The second-order valence-corrected chi connectivity index (χ2v) is 6.23. The van der Waals surface area contributed by atoms with E-state index in [0.29, 0.717) is 5.25 Å². The number of fused-ring (bicyclic) bond motifs is 1. The van der Waals surface area contributed by atoms with E-state index in [2.05, 4.69) is 35.1 Å². The maximum atomic E-state index is 13.4. The Balaban J connectivity index is 2.45. The quantitative estimate of drug-likeness (QED) is 0.890. The van der Waals surface area contributed by atoms with Crippen LogP contribution in [0.3, 0.4) is 0 Å². The number of hydrogen-bond acceptors (Lipinski definition) is 2. The van der Waals surface area contributed by atoms with Crippen LogP contribution >= 0.6 is 27.7 Å². The van der Waals surface area contributed by atoms with E-state index in [0.717, 1.165) is 22.3 Å². The highest BCUT2D eigenvalue weighted by molar-refractivity contribution is 9.10. The molecule has 1 aromatic carbocycles. The topological polar surface area (TPSA) is 12.0 Å². The molecular formula is C12H15BrFNS. The van der Waals surface area contributed by atoms with Crippen molar-refractivity contribution in [3.63, 3.8) is 0 Å². The van der Waals surface area contributed by atoms with Gasteiger partial charge in [0.15, 0.2) is 0 Å². The molecule has 1 N–H and O–H groups in total. The van der Waals surface area contributed by atoms with Crippen LogP contribution in [0.4, 0.5) is 4.39 Å². The van der Waals surface area contributed by atoms with Gasteiger partial charge in [-0.25, -0.2) is 4.39 Å². The van der Waals surface area contributed by atoms with E-state index < -0.39 is 0 Å². The van der Waals surface area contributed by atoms with Crippen molar-refractivity contribution in [1.82, 2.24) is 5.32 Å². The van der Waals surface area contributed by atoms with Gasteiger partial charge in [-0.3, -0.25) is 0 Å². The molecule has 0 aliphatic carbocycles. The zero-order valence-corrected chi connectivity index (χ0v) is 11.8. The Morgan fingerprint density at radius 2 is 2.31 bits per heavy atom. The third-order valence-electron chi connectivity index (χ3n) is 2.91. The fourth-order valence-corrected chi connectivity index (χ4v) is 4.07. The third-order valence-corrected chi connectivity index (χ3v) is 4.87. The smallest absolute Gasteiger partial charge is 0.124 e. The Morgan fingerprint density at radius 1 is 1.56 bits per heavy atom. The first-order chi connectivity index (χ1) is 7.63. The molecule has 0 saturated heterocycles. The van der Waals surface area contributed by atoms with Crippen molar-refractivity contribution in [2.45, 2.75) is 30.9 Å². The van der Waals surface area contributed by atoms with Crippen molar-refractivity contribution in [3.8, 4) is 0 Å². The second kappa shape index (κ2) is 5.07. The molecule has 0 spiro atoms. The molecular weight excluding hydrogens is 289 g/mol. The molecule has 2 unspecified atom stereocenters. The van der Waals surface area contributed by atoms with E-state index in [1.807, 2.05) is 11.8 Å². The van der Waals surface area contributed by atoms with Gasteiger partial charge in [0.2, 0.25) is 0 Å². The Bertz CT molecular complexity index is 397. The van der Waals surface area contributed by atoms with Gasteiger partial charge in [0.1, 0.15) is 5.82 Å². The first-order valence-corrected chi connectivity index (χ1v) is 7.30. The lowest BCUT2D eigenvalue weighted by atomic mass is 9.98. The zero-order chi connectivity index (χ0) is 11.7. The average molecular weight is 304 g/mol. The molecule has 4 heteroatoms. The van der Waals surface area contributed by atoms with Crippen LogP contribution in [0, 0.1) is 5.82 Å². The highest BCUT2D eigenvalue weighted by Gasteiger charge is 2.28. The van der Waals surface area contributed by atoms with Crippen LogP contribution in [0.15, 0.2) is 16.6 Å². The molecule has 0 saturated carbocycles. The molecule has 16 heavy (non-hydrogen) atoms. The first-order valence-electron chi connectivity index (χ1n) is 5.46. The fraction of sp³-hybridized carbons (Fsp3) is 0.500. The summed E-state index contributed by atoms with van der Waals surface area (Å²) in [5.74, 6) is 0.798. The van der Waals surface area contributed by atoms with Crippen molar-refractivity contribution < 1.29 is 4.39 Å². The zero-order valence-electron chi connectivity index (χ0n) is 9.39. The first kappa shape index (κ1) is 12.4. The number of nitrogens with one attached hydrogen (secondary N) is 1. The van der Waals surface area contributed by atoms with Crippen LogP contribution in [0.1, 0.15) is 31.0 Å². The van der Waals surface area contributed by atoms with E-state index in [4.69, 9.17) is 0 Å². The minimum atomic E-state index is -0.160. The number of halogens is 2. The third kappa shape index (κ3) is 2.29. The SMILES string of the molecule is CCNC1c2cc(F)cc(Br)c2CSC1C. The normalized spacial score (nSPS) is 24.2. The van der Waals surface area contributed by atoms with Gasteiger partial charge in [-0.05, 0) is 29.8 Å². The summed E-state index contributed by atoms with van der Waals surface area (Å²) in [6.45, 7) is 5.18. The Kier molecular flexibility index (Phi) is 3.93.